The van der Waals surface area contributed by atoms with Crippen LogP contribution in [0.5, 0.6) is 0 Å². The van der Waals surface area contributed by atoms with E-state index < -0.39 is 0 Å². The standard InChI is InChI=1S/C14H25N3O2.ClH/c18-13-7-1-3-10-17(13)11-4-2-8-16-14(19)12-6-5-9-15-12;/h12,15H,1-11H2,(H,16,19);1H. The first-order valence-electron chi connectivity index (χ1n) is 7.56. The lowest BCUT2D eigenvalue weighted by Crippen LogP contribution is -2.41. The summed E-state index contributed by atoms with van der Waals surface area (Å²) in [5, 5.41) is 6.16. The zero-order valence-electron chi connectivity index (χ0n) is 12.0. The number of likely N-dealkylation sites (tertiary alicyclic amines) is 1. The molecule has 2 saturated heterocycles. The summed E-state index contributed by atoms with van der Waals surface area (Å²) < 4.78 is 0. The molecule has 116 valence electrons. The normalized spacial score (nSPS) is 22.5. The lowest BCUT2D eigenvalue weighted by atomic mass is 10.1. The number of halogens is 1. The summed E-state index contributed by atoms with van der Waals surface area (Å²) in [6, 6.07) is 0.0173. The van der Waals surface area contributed by atoms with Gasteiger partial charge in [-0.05, 0) is 45.1 Å². The zero-order valence-corrected chi connectivity index (χ0v) is 12.8. The molecule has 20 heavy (non-hydrogen) atoms. The van der Waals surface area contributed by atoms with E-state index in [9.17, 15) is 9.59 Å². The maximum Gasteiger partial charge on any atom is 0.237 e. The van der Waals surface area contributed by atoms with Crippen LogP contribution in [0.15, 0.2) is 0 Å². The molecule has 0 aromatic heterocycles. The fraction of sp³-hybridized carbons (Fsp3) is 0.857. The quantitative estimate of drug-likeness (QED) is 0.722. The molecule has 0 bridgehead atoms. The molecular weight excluding hydrogens is 278 g/mol. The van der Waals surface area contributed by atoms with Crippen molar-refractivity contribution in [1.82, 2.24) is 15.5 Å². The van der Waals surface area contributed by atoms with Crippen molar-refractivity contribution in [2.24, 2.45) is 0 Å². The SMILES string of the molecule is Cl.O=C(NCCCCN1CCCCC1=O)C1CCCN1. The van der Waals surface area contributed by atoms with Crippen LogP contribution in [-0.2, 0) is 9.59 Å². The van der Waals surface area contributed by atoms with Gasteiger partial charge in [0.25, 0.3) is 0 Å². The monoisotopic (exact) mass is 303 g/mol. The van der Waals surface area contributed by atoms with E-state index in [1.807, 2.05) is 4.90 Å². The molecule has 5 nitrogen and oxygen atoms in total. The van der Waals surface area contributed by atoms with Gasteiger partial charge in [-0.25, -0.2) is 0 Å². The summed E-state index contributed by atoms with van der Waals surface area (Å²) >= 11 is 0. The maximum absolute atomic E-state index is 11.7. The van der Waals surface area contributed by atoms with Crippen LogP contribution < -0.4 is 10.6 Å². The molecule has 6 heteroatoms. The number of rotatable bonds is 6. The summed E-state index contributed by atoms with van der Waals surface area (Å²) in [6.45, 7) is 3.43. The second-order valence-corrected chi connectivity index (χ2v) is 5.48. The number of hydrogen-bond donors (Lipinski definition) is 2. The summed E-state index contributed by atoms with van der Waals surface area (Å²) in [6.07, 6.45) is 6.86. The Kier molecular flexibility index (Phi) is 7.92. The molecule has 2 heterocycles. The Balaban J connectivity index is 0.00000200. The van der Waals surface area contributed by atoms with Gasteiger partial charge in [-0.3, -0.25) is 9.59 Å². The molecule has 2 aliphatic rings. The number of nitrogens with one attached hydrogen (secondary N) is 2. The predicted molar refractivity (Wildman–Crippen MR) is 80.9 cm³/mol. The van der Waals surface area contributed by atoms with Crippen molar-refractivity contribution < 1.29 is 9.59 Å². The van der Waals surface area contributed by atoms with Crippen molar-refractivity contribution >= 4 is 24.2 Å². The summed E-state index contributed by atoms with van der Waals surface area (Å²) in [5.74, 6) is 0.428. The smallest absolute Gasteiger partial charge is 0.237 e. The van der Waals surface area contributed by atoms with Crippen LogP contribution in [0.4, 0.5) is 0 Å². The molecule has 0 spiro atoms. The van der Waals surface area contributed by atoms with Gasteiger partial charge in [-0.15, -0.1) is 12.4 Å². The minimum atomic E-state index is 0. The van der Waals surface area contributed by atoms with Gasteiger partial charge in [0, 0.05) is 26.1 Å². The van der Waals surface area contributed by atoms with Gasteiger partial charge in [0.2, 0.25) is 11.8 Å². The fourth-order valence-corrected chi connectivity index (χ4v) is 2.77. The van der Waals surface area contributed by atoms with Crippen molar-refractivity contribution in [1.29, 1.82) is 0 Å². The van der Waals surface area contributed by atoms with Crippen LogP contribution in [0.2, 0.25) is 0 Å². The first-order chi connectivity index (χ1) is 9.27. The number of nitrogens with zero attached hydrogens (tertiary/aromatic N) is 1. The molecule has 2 amide bonds. The molecule has 0 aromatic rings. The maximum atomic E-state index is 11.7. The molecule has 1 atom stereocenters. The predicted octanol–water partition coefficient (Wildman–Crippen LogP) is 1.07. The molecule has 0 aliphatic carbocycles. The Morgan fingerprint density at radius 2 is 2.15 bits per heavy atom. The molecule has 0 radical (unpaired) electrons. The van der Waals surface area contributed by atoms with Crippen molar-refractivity contribution in [3.05, 3.63) is 0 Å². The van der Waals surface area contributed by atoms with E-state index in [0.29, 0.717) is 12.3 Å². The molecule has 2 aliphatic heterocycles. The molecular formula is C14H26ClN3O2. The summed E-state index contributed by atoms with van der Waals surface area (Å²) in [4.78, 5) is 25.3. The second-order valence-electron chi connectivity index (χ2n) is 5.48. The highest BCUT2D eigenvalue weighted by atomic mass is 35.5. The summed E-state index contributed by atoms with van der Waals surface area (Å²) in [7, 11) is 0. The number of hydrogen-bond acceptors (Lipinski definition) is 3. The topological polar surface area (TPSA) is 61.4 Å². The minimum Gasteiger partial charge on any atom is -0.355 e. The minimum absolute atomic E-state index is 0. The van der Waals surface area contributed by atoms with Gasteiger partial charge in [0.05, 0.1) is 6.04 Å². The van der Waals surface area contributed by atoms with E-state index >= 15 is 0 Å². The Hall–Kier alpha value is -0.810. The molecule has 2 fully saturated rings. The van der Waals surface area contributed by atoms with Gasteiger partial charge in [-0.1, -0.05) is 0 Å². The van der Waals surface area contributed by atoms with E-state index in [-0.39, 0.29) is 24.4 Å². The first kappa shape index (κ1) is 17.2. The van der Waals surface area contributed by atoms with E-state index in [2.05, 4.69) is 10.6 Å². The van der Waals surface area contributed by atoms with Crippen molar-refractivity contribution in [3.8, 4) is 0 Å². The second kappa shape index (κ2) is 9.19. The Morgan fingerprint density at radius 3 is 2.85 bits per heavy atom. The Labute approximate surface area is 127 Å². The number of piperidine rings is 1. The third-order valence-corrected chi connectivity index (χ3v) is 3.95. The lowest BCUT2D eigenvalue weighted by Gasteiger charge is -2.26. The highest BCUT2D eigenvalue weighted by Gasteiger charge is 2.21. The lowest BCUT2D eigenvalue weighted by molar-refractivity contribution is -0.133. The van der Waals surface area contributed by atoms with E-state index in [0.717, 1.165) is 64.7 Å². The van der Waals surface area contributed by atoms with E-state index in [1.54, 1.807) is 0 Å². The van der Waals surface area contributed by atoms with Crippen LogP contribution >= 0.6 is 12.4 Å². The number of carbonyl (C=O) groups excluding carboxylic acids is 2. The third kappa shape index (κ3) is 5.29. The average Bonchev–Trinajstić information content (AvgIpc) is 2.94. The number of carbonyl (C=O) groups is 2. The van der Waals surface area contributed by atoms with Gasteiger partial charge in [0.1, 0.15) is 0 Å². The van der Waals surface area contributed by atoms with Crippen LogP contribution in [0.25, 0.3) is 0 Å². The highest BCUT2D eigenvalue weighted by molar-refractivity contribution is 5.85. The Morgan fingerprint density at radius 1 is 1.30 bits per heavy atom. The average molecular weight is 304 g/mol. The molecule has 0 aromatic carbocycles. The van der Waals surface area contributed by atoms with Crippen molar-refractivity contribution in [3.63, 3.8) is 0 Å². The van der Waals surface area contributed by atoms with Crippen molar-refractivity contribution in [2.45, 2.75) is 51.0 Å². The van der Waals surface area contributed by atoms with Crippen LogP contribution in [0.3, 0.4) is 0 Å². The first-order valence-corrected chi connectivity index (χ1v) is 7.56. The summed E-state index contributed by atoms with van der Waals surface area (Å²) in [5.41, 5.74) is 0. The van der Waals surface area contributed by atoms with Gasteiger partial charge < -0.3 is 15.5 Å². The number of unbranched alkanes of at least 4 members (excludes halogenated alkanes) is 1. The third-order valence-electron chi connectivity index (χ3n) is 3.95. The molecule has 2 N–H and O–H groups in total. The molecule has 2 rings (SSSR count). The van der Waals surface area contributed by atoms with Crippen molar-refractivity contribution in [2.75, 3.05) is 26.2 Å². The number of amides is 2. The van der Waals surface area contributed by atoms with Crippen LogP contribution in [0.1, 0.15) is 44.9 Å². The van der Waals surface area contributed by atoms with Gasteiger partial charge >= 0.3 is 0 Å². The highest BCUT2D eigenvalue weighted by Crippen LogP contribution is 2.11. The molecule has 0 saturated carbocycles. The van der Waals surface area contributed by atoms with Crippen LogP contribution in [-0.4, -0.2) is 48.9 Å². The zero-order chi connectivity index (χ0) is 13.5. The van der Waals surface area contributed by atoms with Crippen LogP contribution in [0, 0.1) is 0 Å². The van der Waals surface area contributed by atoms with E-state index in [1.165, 1.54) is 0 Å². The van der Waals surface area contributed by atoms with Gasteiger partial charge in [-0.2, -0.15) is 0 Å². The Bertz CT molecular complexity index is 320. The molecule has 1 unspecified atom stereocenters. The van der Waals surface area contributed by atoms with Gasteiger partial charge in [0.15, 0.2) is 0 Å². The fourth-order valence-electron chi connectivity index (χ4n) is 2.77. The largest absolute Gasteiger partial charge is 0.355 e. The van der Waals surface area contributed by atoms with E-state index in [4.69, 9.17) is 0 Å².